The van der Waals surface area contributed by atoms with Crippen molar-refractivity contribution in [3.05, 3.63) is 23.3 Å². The van der Waals surface area contributed by atoms with E-state index >= 15 is 0 Å². The summed E-state index contributed by atoms with van der Waals surface area (Å²) in [5.41, 5.74) is 20.7. The number of aromatic hydroxyl groups is 2. The lowest BCUT2D eigenvalue weighted by Crippen LogP contribution is -2.21. The van der Waals surface area contributed by atoms with Crippen molar-refractivity contribution in [1.82, 2.24) is 0 Å². The van der Waals surface area contributed by atoms with Gasteiger partial charge in [0.2, 0.25) is 11.9 Å². The second-order valence-electron chi connectivity index (χ2n) is 3.48. The van der Waals surface area contributed by atoms with Crippen LogP contribution in [0.25, 0.3) is 0 Å². The van der Waals surface area contributed by atoms with Crippen LogP contribution in [0.15, 0.2) is 32.5 Å². The van der Waals surface area contributed by atoms with Crippen LogP contribution in [-0.2, 0) is 0 Å². The maximum Gasteiger partial charge on any atom is 0.211 e. The van der Waals surface area contributed by atoms with E-state index in [0.717, 1.165) is 0 Å². The molecule has 0 aliphatic rings. The average molecular weight is 351 g/mol. The highest BCUT2D eigenvalue weighted by atomic mass is 35.5. The third kappa shape index (κ3) is 6.63. The first kappa shape index (κ1) is 21.6. The number of guanidine groups is 2. The lowest BCUT2D eigenvalue weighted by atomic mass is 10.1. The van der Waals surface area contributed by atoms with E-state index in [1.807, 2.05) is 0 Å². The molecule has 122 valence electrons. The minimum Gasteiger partial charge on any atom is -0.504 e. The summed E-state index contributed by atoms with van der Waals surface area (Å²) in [5, 5.41) is 33.2. The highest BCUT2D eigenvalue weighted by molar-refractivity contribution is 5.91. The van der Waals surface area contributed by atoms with Gasteiger partial charge in [0, 0.05) is 11.1 Å². The van der Waals surface area contributed by atoms with Crippen molar-refractivity contribution in [3.8, 4) is 11.5 Å². The Balaban J connectivity index is 0. The van der Waals surface area contributed by atoms with Gasteiger partial charge >= 0.3 is 0 Å². The molecule has 0 saturated carbocycles. The Hall–Kier alpha value is -2.72. The molecule has 10 N–H and O–H groups in total. The smallest absolute Gasteiger partial charge is 0.211 e. The third-order valence-corrected chi connectivity index (χ3v) is 1.95. The number of halogens is 2. The van der Waals surface area contributed by atoms with Gasteiger partial charge in [0.25, 0.3) is 0 Å². The fraction of sp³-hybridized carbons (Fsp3) is 0. The number of phenols is 2. The summed E-state index contributed by atoms with van der Waals surface area (Å²) in [6.45, 7) is 0. The molecule has 0 aliphatic heterocycles. The van der Waals surface area contributed by atoms with Crippen molar-refractivity contribution < 1.29 is 10.2 Å². The van der Waals surface area contributed by atoms with E-state index in [-0.39, 0.29) is 47.9 Å². The predicted molar refractivity (Wildman–Crippen MR) is 91.1 cm³/mol. The highest BCUT2D eigenvalue weighted by Crippen LogP contribution is 2.30. The van der Waals surface area contributed by atoms with Gasteiger partial charge in [0.1, 0.15) is 0 Å². The fourth-order valence-electron chi connectivity index (χ4n) is 1.13. The number of nitrogens with two attached hydrogens (primary N) is 4. The normalized spacial score (nSPS) is 9.82. The molecule has 0 spiro atoms. The second kappa shape index (κ2) is 10.1. The van der Waals surface area contributed by atoms with Crippen molar-refractivity contribution in [2.24, 2.45) is 43.3 Å². The first-order valence-corrected chi connectivity index (χ1v) is 5.20. The highest BCUT2D eigenvalue weighted by Gasteiger charge is 2.09. The molecular weight excluding hydrogens is 335 g/mol. The Morgan fingerprint density at radius 3 is 1.36 bits per heavy atom. The maximum atomic E-state index is 9.75. The Kier molecular flexibility index (Phi) is 9.88. The largest absolute Gasteiger partial charge is 0.504 e. The molecule has 0 radical (unpaired) electrons. The van der Waals surface area contributed by atoms with Crippen LogP contribution < -0.4 is 22.9 Å². The fourth-order valence-corrected chi connectivity index (χ4v) is 1.13. The van der Waals surface area contributed by atoms with Crippen molar-refractivity contribution in [3.63, 3.8) is 0 Å². The molecule has 12 heteroatoms. The van der Waals surface area contributed by atoms with E-state index in [1.54, 1.807) is 0 Å². The molecule has 1 aromatic carbocycles. The molecule has 0 atom stereocenters. The molecule has 0 fully saturated rings. The van der Waals surface area contributed by atoms with E-state index in [0.29, 0.717) is 0 Å². The van der Waals surface area contributed by atoms with Crippen LogP contribution in [0.1, 0.15) is 11.1 Å². The van der Waals surface area contributed by atoms with Crippen LogP contribution in [-0.4, -0.2) is 34.6 Å². The quantitative estimate of drug-likeness (QED) is 0.177. The molecule has 0 bridgehead atoms. The number of phenolic OH excluding ortho intramolecular Hbond substituents is 2. The Labute approximate surface area is 138 Å². The Bertz CT molecular complexity index is 554. The standard InChI is InChI=1S/C10H14N8O2.2ClH/c11-9(12)17-15-3-5-1-2-6(8(20)7(5)19)4-16-18-10(13)14;;/h1-4,19-20H,(H4,11,12,17)(H4,13,14,18);2*1H/b15-3+,16-4+;;. The first-order valence-electron chi connectivity index (χ1n) is 5.20. The molecule has 1 rings (SSSR count). The topological polar surface area (TPSA) is 194 Å². The van der Waals surface area contributed by atoms with Gasteiger partial charge in [-0.15, -0.1) is 35.0 Å². The molecular formula is C10H16Cl2N8O2. The van der Waals surface area contributed by atoms with Crippen LogP contribution >= 0.6 is 24.8 Å². The maximum absolute atomic E-state index is 9.75. The monoisotopic (exact) mass is 350 g/mol. The molecule has 0 aliphatic carbocycles. The lowest BCUT2D eigenvalue weighted by Gasteiger charge is -2.03. The zero-order valence-electron chi connectivity index (χ0n) is 11.1. The van der Waals surface area contributed by atoms with E-state index in [4.69, 9.17) is 22.9 Å². The predicted octanol–water partition coefficient (Wildman–Crippen LogP) is -0.844. The number of hydrogen-bond acceptors (Lipinski definition) is 6. The van der Waals surface area contributed by atoms with Crippen molar-refractivity contribution in [2.75, 3.05) is 0 Å². The van der Waals surface area contributed by atoms with Crippen LogP contribution in [0.3, 0.4) is 0 Å². The summed E-state index contributed by atoms with van der Waals surface area (Å²) in [6.07, 6.45) is 2.34. The zero-order valence-corrected chi connectivity index (χ0v) is 12.8. The van der Waals surface area contributed by atoms with Crippen molar-refractivity contribution in [2.45, 2.75) is 0 Å². The van der Waals surface area contributed by atoms with E-state index in [2.05, 4.69) is 20.4 Å². The van der Waals surface area contributed by atoms with E-state index < -0.39 is 11.5 Å². The Morgan fingerprint density at radius 2 is 1.09 bits per heavy atom. The van der Waals surface area contributed by atoms with Gasteiger partial charge in [-0.05, 0) is 12.1 Å². The zero-order chi connectivity index (χ0) is 15.1. The number of hydrogen-bond donors (Lipinski definition) is 6. The average Bonchev–Trinajstić information content (AvgIpc) is 2.36. The minimum absolute atomic E-state index is 0. The van der Waals surface area contributed by atoms with Gasteiger partial charge in [-0.2, -0.15) is 10.2 Å². The van der Waals surface area contributed by atoms with Gasteiger partial charge in [0.15, 0.2) is 11.5 Å². The van der Waals surface area contributed by atoms with Gasteiger partial charge in [-0.25, -0.2) is 0 Å². The summed E-state index contributed by atoms with van der Waals surface area (Å²) in [6, 6.07) is 2.94. The SMILES string of the molecule is Cl.Cl.NC(N)=N/N=C/c1ccc(/C=N/N=C(N)N)c(O)c1O. The number of benzene rings is 1. The van der Waals surface area contributed by atoms with E-state index in [1.165, 1.54) is 24.6 Å². The number of rotatable bonds is 4. The van der Waals surface area contributed by atoms with Crippen LogP contribution in [0.4, 0.5) is 0 Å². The summed E-state index contributed by atoms with van der Waals surface area (Å²) < 4.78 is 0. The molecule has 0 unspecified atom stereocenters. The summed E-state index contributed by atoms with van der Waals surface area (Å²) in [5.74, 6) is -1.28. The van der Waals surface area contributed by atoms with Crippen molar-refractivity contribution in [1.29, 1.82) is 0 Å². The lowest BCUT2D eigenvalue weighted by molar-refractivity contribution is 0.402. The molecule has 0 aromatic heterocycles. The molecule has 0 heterocycles. The molecule has 1 aromatic rings. The van der Waals surface area contributed by atoms with Gasteiger partial charge in [-0.1, -0.05) is 0 Å². The minimum atomic E-state index is -0.409. The summed E-state index contributed by atoms with van der Waals surface area (Å²) in [7, 11) is 0. The summed E-state index contributed by atoms with van der Waals surface area (Å²) in [4.78, 5) is 0. The molecule has 0 saturated heterocycles. The van der Waals surface area contributed by atoms with Crippen LogP contribution in [0, 0.1) is 0 Å². The first-order chi connectivity index (χ1) is 9.41. The molecule has 10 nitrogen and oxygen atoms in total. The molecule has 0 amide bonds. The third-order valence-electron chi connectivity index (χ3n) is 1.95. The molecule has 22 heavy (non-hydrogen) atoms. The van der Waals surface area contributed by atoms with Crippen LogP contribution in [0.2, 0.25) is 0 Å². The number of nitrogens with zero attached hydrogens (tertiary/aromatic N) is 4. The van der Waals surface area contributed by atoms with Crippen molar-refractivity contribution >= 4 is 49.2 Å². The Morgan fingerprint density at radius 1 is 0.773 bits per heavy atom. The second-order valence-corrected chi connectivity index (χ2v) is 3.48. The van der Waals surface area contributed by atoms with Crippen LogP contribution in [0.5, 0.6) is 11.5 Å². The van der Waals surface area contributed by atoms with Gasteiger partial charge in [0.05, 0.1) is 12.4 Å². The summed E-state index contributed by atoms with van der Waals surface area (Å²) >= 11 is 0. The van der Waals surface area contributed by atoms with Gasteiger partial charge in [-0.3, -0.25) is 0 Å². The van der Waals surface area contributed by atoms with E-state index in [9.17, 15) is 10.2 Å². The van der Waals surface area contributed by atoms with Gasteiger partial charge < -0.3 is 33.1 Å².